The summed E-state index contributed by atoms with van der Waals surface area (Å²) in [5.41, 5.74) is 2.94. The summed E-state index contributed by atoms with van der Waals surface area (Å²) in [6, 6.07) is 11.2. The van der Waals surface area contributed by atoms with Crippen LogP contribution in [0.4, 0.5) is 4.39 Å². The van der Waals surface area contributed by atoms with Gasteiger partial charge in [0.2, 0.25) is 0 Å². The van der Waals surface area contributed by atoms with E-state index in [1.54, 1.807) is 18.2 Å². The lowest BCUT2D eigenvalue weighted by Crippen LogP contribution is -2.17. The van der Waals surface area contributed by atoms with Gasteiger partial charge < -0.3 is 5.11 Å². The SMILES string of the molecule is O=C(N/N=C/c1ccccc1C(=O)O)c1ccc(F)cc1. The smallest absolute Gasteiger partial charge is 0.336 e. The van der Waals surface area contributed by atoms with Crippen molar-refractivity contribution >= 4 is 18.1 Å². The van der Waals surface area contributed by atoms with Gasteiger partial charge in [0, 0.05) is 11.1 Å². The summed E-state index contributed by atoms with van der Waals surface area (Å²) >= 11 is 0. The highest BCUT2D eigenvalue weighted by Crippen LogP contribution is 2.06. The van der Waals surface area contributed by atoms with Crippen LogP contribution in [-0.4, -0.2) is 23.2 Å². The van der Waals surface area contributed by atoms with Gasteiger partial charge in [0.05, 0.1) is 11.8 Å². The Kier molecular flexibility index (Phi) is 4.40. The molecule has 0 aliphatic carbocycles. The first-order chi connectivity index (χ1) is 10.1. The van der Waals surface area contributed by atoms with Gasteiger partial charge in [-0.2, -0.15) is 5.10 Å². The Hall–Kier alpha value is -3.02. The summed E-state index contributed by atoms with van der Waals surface area (Å²) in [4.78, 5) is 22.7. The Bertz CT molecular complexity index is 696. The highest BCUT2D eigenvalue weighted by molar-refractivity contribution is 5.99. The van der Waals surface area contributed by atoms with E-state index >= 15 is 0 Å². The molecule has 6 heteroatoms. The van der Waals surface area contributed by atoms with Crippen molar-refractivity contribution in [1.29, 1.82) is 0 Å². The number of hydrazone groups is 1. The summed E-state index contributed by atoms with van der Waals surface area (Å²) < 4.78 is 12.7. The van der Waals surface area contributed by atoms with Crippen LogP contribution >= 0.6 is 0 Å². The number of amides is 1. The number of benzene rings is 2. The fourth-order valence-corrected chi connectivity index (χ4v) is 1.63. The van der Waals surface area contributed by atoms with E-state index in [0.29, 0.717) is 5.56 Å². The van der Waals surface area contributed by atoms with Crippen molar-refractivity contribution in [3.05, 3.63) is 71.0 Å². The second kappa shape index (κ2) is 6.42. The minimum atomic E-state index is -1.08. The number of carbonyl (C=O) groups excluding carboxylic acids is 1. The Morgan fingerprint density at radius 1 is 1.10 bits per heavy atom. The zero-order valence-electron chi connectivity index (χ0n) is 10.8. The molecule has 0 atom stereocenters. The third-order valence-electron chi connectivity index (χ3n) is 2.67. The van der Waals surface area contributed by atoms with Crippen LogP contribution in [0.1, 0.15) is 26.3 Å². The van der Waals surface area contributed by atoms with Crippen LogP contribution in [0.15, 0.2) is 53.6 Å². The number of rotatable bonds is 4. The van der Waals surface area contributed by atoms with Gasteiger partial charge in [-0.1, -0.05) is 18.2 Å². The van der Waals surface area contributed by atoms with Gasteiger partial charge in [-0.3, -0.25) is 4.79 Å². The molecule has 0 heterocycles. The summed E-state index contributed by atoms with van der Waals surface area (Å²) in [7, 11) is 0. The molecular weight excluding hydrogens is 275 g/mol. The quantitative estimate of drug-likeness (QED) is 0.668. The van der Waals surface area contributed by atoms with Crippen molar-refractivity contribution in [2.45, 2.75) is 0 Å². The standard InChI is InChI=1S/C15H11FN2O3/c16-12-7-5-10(6-8-12)14(19)18-17-9-11-3-1-2-4-13(11)15(20)21/h1-9H,(H,18,19)(H,20,21)/b17-9+. The van der Waals surface area contributed by atoms with E-state index in [1.807, 2.05) is 0 Å². The lowest BCUT2D eigenvalue weighted by molar-refractivity contribution is 0.0696. The second-order valence-electron chi connectivity index (χ2n) is 4.10. The first kappa shape index (κ1) is 14.4. The number of nitrogens with zero attached hydrogens (tertiary/aromatic N) is 1. The topological polar surface area (TPSA) is 78.8 Å². The lowest BCUT2D eigenvalue weighted by atomic mass is 10.1. The molecule has 0 fully saturated rings. The molecule has 0 saturated carbocycles. The van der Waals surface area contributed by atoms with Gasteiger partial charge in [-0.15, -0.1) is 0 Å². The molecule has 0 unspecified atom stereocenters. The molecule has 0 radical (unpaired) electrons. The molecule has 0 aromatic heterocycles. The lowest BCUT2D eigenvalue weighted by Gasteiger charge is -2.01. The van der Waals surface area contributed by atoms with Crippen molar-refractivity contribution in [3.63, 3.8) is 0 Å². The van der Waals surface area contributed by atoms with Crippen molar-refractivity contribution in [2.75, 3.05) is 0 Å². The number of hydrogen-bond donors (Lipinski definition) is 2. The number of nitrogens with one attached hydrogen (secondary N) is 1. The van der Waals surface area contributed by atoms with E-state index in [1.165, 1.54) is 36.5 Å². The van der Waals surface area contributed by atoms with Gasteiger partial charge in [-0.05, 0) is 30.3 Å². The molecule has 5 nitrogen and oxygen atoms in total. The van der Waals surface area contributed by atoms with E-state index in [0.717, 1.165) is 0 Å². The molecule has 2 aromatic rings. The first-order valence-corrected chi connectivity index (χ1v) is 5.99. The van der Waals surface area contributed by atoms with Gasteiger partial charge >= 0.3 is 5.97 Å². The largest absolute Gasteiger partial charge is 0.478 e. The highest BCUT2D eigenvalue weighted by atomic mass is 19.1. The van der Waals surface area contributed by atoms with Crippen LogP contribution in [0.25, 0.3) is 0 Å². The molecule has 106 valence electrons. The van der Waals surface area contributed by atoms with Gasteiger partial charge in [0.15, 0.2) is 0 Å². The highest BCUT2D eigenvalue weighted by Gasteiger charge is 2.07. The maximum atomic E-state index is 12.7. The predicted octanol–water partition coefficient (Wildman–Crippen LogP) is 2.29. The zero-order chi connectivity index (χ0) is 15.2. The van der Waals surface area contributed by atoms with Crippen LogP contribution in [0.5, 0.6) is 0 Å². The van der Waals surface area contributed by atoms with Gasteiger partial charge in [0.25, 0.3) is 5.91 Å². The molecular formula is C15H11FN2O3. The fraction of sp³-hybridized carbons (Fsp3) is 0. The molecule has 0 aliphatic heterocycles. The molecule has 2 aromatic carbocycles. The number of carbonyl (C=O) groups is 2. The Labute approximate surface area is 119 Å². The van der Waals surface area contributed by atoms with Crippen molar-refractivity contribution in [3.8, 4) is 0 Å². The summed E-state index contributed by atoms with van der Waals surface area (Å²) in [5, 5.41) is 12.7. The molecule has 0 spiro atoms. The molecule has 2 rings (SSSR count). The van der Waals surface area contributed by atoms with Crippen LogP contribution in [0, 0.1) is 5.82 Å². The van der Waals surface area contributed by atoms with Gasteiger partial charge in [-0.25, -0.2) is 14.6 Å². The fourth-order valence-electron chi connectivity index (χ4n) is 1.63. The average Bonchev–Trinajstić information content (AvgIpc) is 2.48. The minimum absolute atomic E-state index is 0.0808. The maximum Gasteiger partial charge on any atom is 0.336 e. The zero-order valence-corrected chi connectivity index (χ0v) is 10.8. The summed E-state index contributed by atoms with van der Waals surface area (Å²) in [5.74, 6) is -2.04. The number of halogens is 1. The Morgan fingerprint density at radius 2 is 1.76 bits per heavy atom. The van der Waals surface area contributed by atoms with Crippen LogP contribution in [-0.2, 0) is 0 Å². The third-order valence-corrected chi connectivity index (χ3v) is 2.67. The van der Waals surface area contributed by atoms with E-state index < -0.39 is 17.7 Å². The van der Waals surface area contributed by atoms with E-state index in [4.69, 9.17) is 5.11 Å². The summed E-state index contributed by atoms with van der Waals surface area (Å²) in [6.07, 6.45) is 1.24. The number of carboxylic acids is 1. The Morgan fingerprint density at radius 3 is 2.43 bits per heavy atom. The molecule has 2 N–H and O–H groups in total. The van der Waals surface area contributed by atoms with E-state index in [2.05, 4.69) is 10.5 Å². The molecule has 21 heavy (non-hydrogen) atoms. The Balaban J connectivity index is 2.07. The van der Waals surface area contributed by atoms with Gasteiger partial charge in [0.1, 0.15) is 5.82 Å². The predicted molar refractivity (Wildman–Crippen MR) is 74.9 cm³/mol. The van der Waals surface area contributed by atoms with Crippen molar-refractivity contribution in [1.82, 2.24) is 5.43 Å². The van der Waals surface area contributed by atoms with Crippen molar-refractivity contribution in [2.24, 2.45) is 5.10 Å². The number of hydrogen-bond acceptors (Lipinski definition) is 3. The molecule has 0 bridgehead atoms. The average molecular weight is 286 g/mol. The number of carboxylic acid groups (broad SMARTS) is 1. The van der Waals surface area contributed by atoms with Crippen LogP contribution in [0.2, 0.25) is 0 Å². The summed E-state index contributed by atoms with van der Waals surface area (Å²) in [6.45, 7) is 0. The minimum Gasteiger partial charge on any atom is -0.478 e. The van der Waals surface area contributed by atoms with Crippen molar-refractivity contribution < 1.29 is 19.1 Å². The van der Waals surface area contributed by atoms with Crippen LogP contribution in [0.3, 0.4) is 0 Å². The second-order valence-corrected chi connectivity index (χ2v) is 4.10. The van der Waals surface area contributed by atoms with Crippen LogP contribution < -0.4 is 5.43 Å². The molecule has 0 saturated heterocycles. The number of aromatic carboxylic acids is 1. The van der Waals surface area contributed by atoms with E-state index in [-0.39, 0.29) is 11.1 Å². The first-order valence-electron chi connectivity index (χ1n) is 5.99. The van der Waals surface area contributed by atoms with E-state index in [9.17, 15) is 14.0 Å². The third kappa shape index (κ3) is 3.73. The molecule has 0 aliphatic rings. The molecule has 1 amide bonds. The monoisotopic (exact) mass is 286 g/mol. The normalized spacial score (nSPS) is 10.5. The maximum absolute atomic E-state index is 12.7.